The topological polar surface area (TPSA) is 123 Å². The van der Waals surface area contributed by atoms with E-state index in [0.717, 1.165) is 12.1 Å². The van der Waals surface area contributed by atoms with Gasteiger partial charge in [-0.15, -0.1) is 3.89 Å². The molecule has 3 N–H and O–H groups in total. The summed E-state index contributed by atoms with van der Waals surface area (Å²) in [6.07, 6.45) is -0.0104. The molecule has 0 saturated heterocycles. The molecule has 140 valence electrons. The molecule has 26 heavy (non-hydrogen) atoms. The Kier molecular flexibility index (Phi) is 6.11. The van der Waals surface area contributed by atoms with E-state index >= 15 is 0 Å². The van der Waals surface area contributed by atoms with Crippen molar-refractivity contribution in [3.63, 3.8) is 0 Å². The minimum atomic E-state index is -4.76. The molecule has 0 radical (unpaired) electrons. The molecule has 0 fully saturated rings. The van der Waals surface area contributed by atoms with Gasteiger partial charge in [-0.05, 0) is 28.8 Å². The molecule has 1 amide bonds. The number of hydrogen-bond acceptors (Lipinski definition) is 5. The van der Waals surface area contributed by atoms with E-state index in [4.69, 9.17) is 5.14 Å². The molecule has 0 spiro atoms. The molecule has 0 heterocycles. The van der Waals surface area contributed by atoms with Gasteiger partial charge < -0.3 is 5.32 Å². The maximum absolute atomic E-state index is 12.8. The molecule has 7 nitrogen and oxygen atoms in total. The van der Waals surface area contributed by atoms with Crippen LogP contribution >= 0.6 is 0 Å². The first kappa shape index (κ1) is 20.0. The molecule has 2 aromatic rings. The van der Waals surface area contributed by atoms with Crippen LogP contribution in [0.2, 0.25) is 0 Å². The van der Waals surface area contributed by atoms with Crippen molar-refractivity contribution in [3.8, 4) is 0 Å². The Labute approximate surface area is 151 Å². The molecule has 0 aliphatic heterocycles. The van der Waals surface area contributed by atoms with Crippen LogP contribution in [0.15, 0.2) is 53.4 Å². The maximum Gasteiger partial charge on any atom is 0.332 e. The van der Waals surface area contributed by atoms with E-state index in [0.29, 0.717) is 16.7 Å². The fourth-order valence-electron chi connectivity index (χ4n) is 2.28. The maximum atomic E-state index is 12.8. The van der Waals surface area contributed by atoms with Gasteiger partial charge in [-0.25, -0.2) is 13.6 Å². The SMILES string of the molecule is NS(=O)(=O)Cc1cccc(CNC(=O)Cc2ccc(S(=O)(=O)F)cc2)c1. The fourth-order valence-corrected chi connectivity index (χ4v) is 3.39. The lowest BCUT2D eigenvalue weighted by atomic mass is 10.1. The zero-order valence-electron chi connectivity index (χ0n) is 13.6. The number of carbonyl (C=O) groups excluding carboxylic acids is 1. The van der Waals surface area contributed by atoms with Crippen LogP contribution in [0.5, 0.6) is 0 Å². The Morgan fingerprint density at radius 2 is 1.58 bits per heavy atom. The Balaban J connectivity index is 1.94. The van der Waals surface area contributed by atoms with Gasteiger partial charge in [0.2, 0.25) is 15.9 Å². The second-order valence-corrected chi connectivity index (χ2v) is 8.62. The van der Waals surface area contributed by atoms with Gasteiger partial charge in [0.05, 0.1) is 17.1 Å². The van der Waals surface area contributed by atoms with Crippen LogP contribution in [-0.4, -0.2) is 22.7 Å². The van der Waals surface area contributed by atoms with Gasteiger partial charge in [0.15, 0.2) is 0 Å². The summed E-state index contributed by atoms with van der Waals surface area (Å²) in [4.78, 5) is 11.5. The largest absolute Gasteiger partial charge is 0.352 e. The molecular formula is C16H17FN2O5S2. The van der Waals surface area contributed by atoms with Gasteiger partial charge in [-0.3, -0.25) is 4.79 Å². The minimum Gasteiger partial charge on any atom is -0.352 e. The summed E-state index contributed by atoms with van der Waals surface area (Å²) < 4.78 is 56.5. The first-order valence-electron chi connectivity index (χ1n) is 7.41. The average Bonchev–Trinajstić information content (AvgIpc) is 2.51. The molecule has 0 saturated carbocycles. The van der Waals surface area contributed by atoms with Crippen molar-refractivity contribution in [2.45, 2.75) is 23.6 Å². The molecule has 2 rings (SSSR count). The standard InChI is InChI=1S/C16H17FN2O5S2/c17-26(23,24)15-6-4-12(5-7-15)9-16(20)19-10-13-2-1-3-14(8-13)11-25(18,21)22/h1-8H,9-11H2,(H,19,20)(H2,18,21,22). The Bertz CT molecular complexity index is 1000. The number of rotatable bonds is 7. The number of primary sulfonamides is 1. The Morgan fingerprint density at radius 3 is 2.15 bits per heavy atom. The van der Waals surface area contributed by atoms with Crippen LogP contribution < -0.4 is 10.5 Å². The molecule has 0 unspecified atom stereocenters. The third-order valence-electron chi connectivity index (χ3n) is 3.42. The minimum absolute atomic E-state index is 0.0104. The van der Waals surface area contributed by atoms with Crippen LogP contribution in [-0.2, 0) is 43.8 Å². The van der Waals surface area contributed by atoms with E-state index in [9.17, 15) is 25.5 Å². The predicted octanol–water partition coefficient (Wildman–Crippen LogP) is 0.992. The number of sulfonamides is 1. The third kappa shape index (κ3) is 6.54. The van der Waals surface area contributed by atoms with E-state index in [1.54, 1.807) is 24.3 Å². The summed E-state index contributed by atoms with van der Waals surface area (Å²) in [5.41, 5.74) is 1.75. The number of carbonyl (C=O) groups is 1. The first-order chi connectivity index (χ1) is 12.0. The van der Waals surface area contributed by atoms with Crippen molar-refractivity contribution < 1.29 is 25.5 Å². The van der Waals surface area contributed by atoms with E-state index in [2.05, 4.69) is 5.32 Å². The third-order valence-corrected chi connectivity index (χ3v) is 4.99. The normalized spacial score (nSPS) is 11.9. The van der Waals surface area contributed by atoms with Crippen molar-refractivity contribution in [2.24, 2.45) is 5.14 Å². The monoisotopic (exact) mass is 400 g/mol. The predicted molar refractivity (Wildman–Crippen MR) is 93.5 cm³/mol. The Hall–Kier alpha value is -2.30. The zero-order valence-corrected chi connectivity index (χ0v) is 15.2. The number of nitrogens with two attached hydrogens (primary N) is 1. The molecule has 0 atom stereocenters. The molecule has 0 aromatic heterocycles. The number of hydrogen-bond donors (Lipinski definition) is 2. The van der Waals surface area contributed by atoms with E-state index in [-0.39, 0.29) is 24.6 Å². The zero-order chi connectivity index (χ0) is 19.4. The van der Waals surface area contributed by atoms with Crippen LogP contribution in [0.1, 0.15) is 16.7 Å². The van der Waals surface area contributed by atoms with Crippen LogP contribution in [0.25, 0.3) is 0 Å². The van der Waals surface area contributed by atoms with Gasteiger partial charge in [0.1, 0.15) is 0 Å². The van der Waals surface area contributed by atoms with Crippen molar-refractivity contribution >= 4 is 26.2 Å². The average molecular weight is 400 g/mol. The molecule has 0 aliphatic carbocycles. The van der Waals surface area contributed by atoms with Crippen molar-refractivity contribution in [2.75, 3.05) is 0 Å². The van der Waals surface area contributed by atoms with E-state index in [1.807, 2.05) is 0 Å². The van der Waals surface area contributed by atoms with Crippen LogP contribution in [0.3, 0.4) is 0 Å². The van der Waals surface area contributed by atoms with Crippen molar-refractivity contribution in [3.05, 3.63) is 65.2 Å². The first-order valence-corrected chi connectivity index (χ1v) is 10.5. The highest BCUT2D eigenvalue weighted by molar-refractivity contribution is 7.88. The smallest absolute Gasteiger partial charge is 0.332 e. The molecule has 0 bridgehead atoms. The van der Waals surface area contributed by atoms with Gasteiger partial charge in [-0.1, -0.05) is 36.4 Å². The van der Waals surface area contributed by atoms with Crippen LogP contribution in [0, 0.1) is 0 Å². The van der Waals surface area contributed by atoms with Gasteiger partial charge >= 0.3 is 10.2 Å². The second kappa shape index (κ2) is 7.94. The summed E-state index contributed by atoms with van der Waals surface area (Å²) in [6.45, 7) is 0.189. The summed E-state index contributed by atoms with van der Waals surface area (Å²) in [6, 6.07) is 11.6. The number of halogens is 1. The van der Waals surface area contributed by atoms with Crippen molar-refractivity contribution in [1.82, 2.24) is 5.32 Å². The molecular weight excluding hydrogens is 383 g/mol. The van der Waals surface area contributed by atoms with Crippen molar-refractivity contribution in [1.29, 1.82) is 0 Å². The lowest BCUT2D eigenvalue weighted by molar-refractivity contribution is -0.120. The van der Waals surface area contributed by atoms with E-state index in [1.165, 1.54) is 12.1 Å². The summed E-state index contributed by atoms with van der Waals surface area (Å²) >= 11 is 0. The second-order valence-electron chi connectivity index (χ2n) is 5.66. The van der Waals surface area contributed by atoms with Gasteiger partial charge in [0, 0.05) is 6.54 Å². The quantitative estimate of drug-likeness (QED) is 0.671. The molecule has 0 aliphatic rings. The summed E-state index contributed by atoms with van der Waals surface area (Å²) in [5.74, 6) is -0.615. The molecule has 2 aromatic carbocycles. The lowest BCUT2D eigenvalue weighted by Crippen LogP contribution is -2.24. The lowest BCUT2D eigenvalue weighted by Gasteiger charge is -2.07. The Morgan fingerprint density at radius 1 is 0.962 bits per heavy atom. The van der Waals surface area contributed by atoms with Gasteiger partial charge in [-0.2, -0.15) is 8.42 Å². The number of nitrogens with one attached hydrogen (secondary N) is 1. The highest BCUT2D eigenvalue weighted by Crippen LogP contribution is 2.13. The van der Waals surface area contributed by atoms with E-state index < -0.39 is 25.1 Å². The number of benzene rings is 2. The summed E-state index contributed by atoms with van der Waals surface area (Å²) in [7, 11) is -8.40. The fraction of sp³-hybridized carbons (Fsp3) is 0.188. The highest BCUT2D eigenvalue weighted by atomic mass is 32.3. The highest BCUT2D eigenvalue weighted by Gasteiger charge is 2.12. The summed E-state index contributed by atoms with van der Waals surface area (Å²) in [5, 5.41) is 7.67. The number of amides is 1. The van der Waals surface area contributed by atoms with Crippen LogP contribution in [0.4, 0.5) is 3.89 Å². The molecule has 10 heteroatoms. The van der Waals surface area contributed by atoms with Gasteiger partial charge in [0.25, 0.3) is 0 Å².